The molecule has 0 spiro atoms. The van der Waals surface area contributed by atoms with Crippen molar-refractivity contribution in [3.63, 3.8) is 0 Å². The van der Waals surface area contributed by atoms with Crippen molar-refractivity contribution in [3.8, 4) is 17.2 Å². The van der Waals surface area contributed by atoms with Crippen molar-refractivity contribution in [1.29, 1.82) is 0 Å². The van der Waals surface area contributed by atoms with E-state index in [2.05, 4.69) is 0 Å². The predicted molar refractivity (Wildman–Crippen MR) is 140 cm³/mol. The molecule has 2 N–H and O–H groups in total. The number of aliphatic carboxylic acids is 1. The van der Waals surface area contributed by atoms with Crippen molar-refractivity contribution in [2.45, 2.75) is 12.5 Å². The summed E-state index contributed by atoms with van der Waals surface area (Å²) < 4.78 is 16.2. The van der Waals surface area contributed by atoms with Gasteiger partial charge in [-0.05, 0) is 29.8 Å². The lowest BCUT2D eigenvalue weighted by atomic mass is 9.94. The van der Waals surface area contributed by atoms with Gasteiger partial charge in [0.15, 0.2) is 0 Å². The minimum atomic E-state index is -1.08. The number of aliphatic hydroxyl groups is 1. The summed E-state index contributed by atoms with van der Waals surface area (Å²) in [6.07, 6.45) is -0.201. The Hall–Kier alpha value is -4.50. The number of aliphatic hydroxyl groups excluding tert-OH is 1. The van der Waals surface area contributed by atoms with Crippen LogP contribution in [0.2, 0.25) is 5.02 Å². The van der Waals surface area contributed by atoms with Crippen molar-refractivity contribution in [2.75, 3.05) is 26.2 Å². The fourth-order valence-corrected chi connectivity index (χ4v) is 4.67. The maximum Gasteiger partial charge on any atom is 0.307 e. The third-order valence-corrected chi connectivity index (χ3v) is 6.47. The topological polar surface area (TPSA) is 123 Å². The van der Waals surface area contributed by atoms with E-state index in [0.717, 1.165) is 0 Å². The molecule has 1 unspecified atom stereocenters. The number of amides is 1. The number of carbonyl (C=O) groups is 3. The molecule has 1 atom stereocenters. The number of nitrogens with zero attached hydrogens (tertiary/aromatic N) is 1. The van der Waals surface area contributed by atoms with Crippen molar-refractivity contribution in [2.24, 2.45) is 0 Å². The number of Topliss-reactive ketones (excluding diaryl/α,β-unsaturated/α-hetero) is 1. The Morgan fingerprint density at radius 3 is 2.13 bits per heavy atom. The molecular weight excluding hydrogens is 514 g/mol. The molecule has 0 bridgehead atoms. The molecule has 1 fully saturated rings. The molecule has 3 aromatic rings. The van der Waals surface area contributed by atoms with E-state index < -0.39 is 29.5 Å². The minimum absolute atomic E-state index is 0.0907. The molecule has 9 nitrogen and oxygen atoms in total. The average Bonchev–Trinajstić information content (AvgIpc) is 3.18. The average molecular weight is 538 g/mol. The van der Waals surface area contributed by atoms with Crippen LogP contribution in [0, 0.1) is 0 Å². The lowest BCUT2D eigenvalue weighted by molar-refractivity contribution is -0.136. The number of carboxylic acids is 1. The Bertz CT molecular complexity index is 1450. The summed E-state index contributed by atoms with van der Waals surface area (Å²) >= 11 is 6.31. The molecule has 1 aliphatic rings. The van der Waals surface area contributed by atoms with E-state index in [1.165, 1.54) is 38.4 Å². The van der Waals surface area contributed by atoms with Crippen molar-refractivity contribution in [1.82, 2.24) is 0 Å². The molecule has 1 heterocycles. The van der Waals surface area contributed by atoms with Gasteiger partial charge in [-0.15, -0.1) is 0 Å². The first-order valence-corrected chi connectivity index (χ1v) is 11.8. The molecule has 1 aliphatic heterocycles. The van der Waals surface area contributed by atoms with Gasteiger partial charge in [0.1, 0.15) is 23.0 Å². The summed E-state index contributed by atoms with van der Waals surface area (Å²) in [5.74, 6) is -2.45. The molecule has 1 saturated heterocycles. The van der Waals surface area contributed by atoms with Crippen molar-refractivity contribution >= 4 is 40.7 Å². The third-order valence-electron chi connectivity index (χ3n) is 6.18. The Morgan fingerprint density at radius 1 is 0.895 bits per heavy atom. The van der Waals surface area contributed by atoms with Crippen LogP contribution in [-0.4, -0.2) is 49.2 Å². The molecule has 10 heteroatoms. The number of methoxy groups -OCH3 is 3. The summed E-state index contributed by atoms with van der Waals surface area (Å²) in [6.45, 7) is 0. The van der Waals surface area contributed by atoms with Crippen LogP contribution >= 0.6 is 11.6 Å². The van der Waals surface area contributed by atoms with Crippen LogP contribution in [0.1, 0.15) is 22.7 Å². The summed E-state index contributed by atoms with van der Waals surface area (Å²) in [5, 5.41) is 20.8. The van der Waals surface area contributed by atoms with Gasteiger partial charge in [-0.1, -0.05) is 41.9 Å². The van der Waals surface area contributed by atoms with Crippen LogP contribution in [0.5, 0.6) is 17.2 Å². The van der Waals surface area contributed by atoms with Gasteiger partial charge in [-0.3, -0.25) is 19.3 Å². The molecule has 38 heavy (non-hydrogen) atoms. The second-order valence-electron chi connectivity index (χ2n) is 8.34. The van der Waals surface area contributed by atoms with Crippen molar-refractivity contribution in [3.05, 3.63) is 87.9 Å². The van der Waals surface area contributed by atoms with E-state index in [0.29, 0.717) is 28.3 Å². The first-order valence-electron chi connectivity index (χ1n) is 11.4. The fraction of sp³-hybridized carbons (Fsp3) is 0.179. The summed E-state index contributed by atoms with van der Waals surface area (Å²) in [4.78, 5) is 39.3. The molecule has 0 radical (unpaired) electrons. The molecule has 0 aliphatic carbocycles. The Morgan fingerprint density at radius 2 is 1.53 bits per heavy atom. The SMILES string of the molecule is COc1cc(OC)c(/C(O)=C2\C(=O)C(=O)N(c3ccc(CC(=O)O)cc3)C2c2ccccc2OC)cc1Cl. The van der Waals surface area contributed by atoms with Crippen molar-refractivity contribution < 1.29 is 38.8 Å². The van der Waals surface area contributed by atoms with Gasteiger partial charge in [0, 0.05) is 17.3 Å². The highest BCUT2D eigenvalue weighted by Gasteiger charge is 2.48. The zero-order chi connectivity index (χ0) is 27.6. The monoisotopic (exact) mass is 537 g/mol. The quantitative estimate of drug-likeness (QED) is 0.242. The van der Waals surface area contributed by atoms with Crippen LogP contribution < -0.4 is 19.1 Å². The second-order valence-corrected chi connectivity index (χ2v) is 8.74. The van der Waals surface area contributed by atoms with Gasteiger partial charge >= 0.3 is 5.97 Å². The standard InChI is InChI=1S/C28H24ClNO8/c1-36-20-7-5-4-6-17(20)25-24(26(33)18-13-19(29)22(38-3)14-21(18)37-2)27(34)28(35)30(25)16-10-8-15(9-11-16)12-23(31)32/h4-11,13-14,25,33H,12H2,1-3H3,(H,31,32)/b26-24+. The van der Waals surface area contributed by atoms with E-state index in [9.17, 15) is 19.5 Å². The van der Waals surface area contributed by atoms with E-state index >= 15 is 0 Å². The number of benzene rings is 3. The van der Waals surface area contributed by atoms with Gasteiger partial charge in [-0.25, -0.2) is 0 Å². The lowest BCUT2D eigenvalue weighted by Crippen LogP contribution is -2.29. The predicted octanol–water partition coefficient (Wildman–Crippen LogP) is 4.62. The highest BCUT2D eigenvalue weighted by Crippen LogP contribution is 2.46. The number of halogens is 1. The summed E-state index contributed by atoms with van der Waals surface area (Å²) in [6, 6.07) is 14.8. The number of rotatable bonds is 8. The summed E-state index contributed by atoms with van der Waals surface area (Å²) in [5.41, 5.74) is 1.19. The molecule has 4 rings (SSSR count). The highest BCUT2D eigenvalue weighted by molar-refractivity contribution is 6.51. The van der Waals surface area contributed by atoms with E-state index in [1.807, 2.05) is 0 Å². The van der Waals surface area contributed by atoms with Gasteiger partial charge < -0.3 is 24.4 Å². The molecule has 0 saturated carbocycles. The number of hydrogen-bond donors (Lipinski definition) is 2. The largest absolute Gasteiger partial charge is 0.507 e. The third kappa shape index (κ3) is 4.76. The number of ketones is 1. The van der Waals surface area contributed by atoms with Crippen LogP contribution in [0.25, 0.3) is 5.76 Å². The van der Waals surface area contributed by atoms with Crippen LogP contribution in [0.3, 0.4) is 0 Å². The van der Waals surface area contributed by atoms with Gasteiger partial charge in [0.2, 0.25) is 0 Å². The molecule has 196 valence electrons. The number of carbonyl (C=O) groups excluding carboxylic acids is 2. The first-order chi connectivity index (χ1) is 18.2. The molecule has 0 aromatic heterocycles. The van der Waals surface area contributed by atoms with Crippen LogP contribution in [-0.2, 0) is 20.8 Å². The number of carboxylic acid groups (broad SMARTS) is 1. The zero-order valence-electron chi connectivity index (χ0n) is 20.7. The van der Waals surface area contributed by atoms with E-state index in [1.54, 1.807) is 48.5 Å². The molecule has 1 amide bonds. The normalized spacial score (nSPS) is 16.4. The number of ether oxygens (including phenoxy) is 3. The fourth-order valence-electron chi connectivity index (χ4n) is 4.42. The Balaban J connectivity index is 1.96. The number of hydrogen-bond acceptors (Lipinski definition) is 7. The highest BCUT2D eigenvalue weighted by atomic mass is 35.5. The first kappa shape index (κ1) is 26.6. The lowest BCUT2D eigenvalue weighted by Gasteiger charge is -2.27. The molecule has 3 aromatic carbocycles. The number of anilines is 1. The zero-order valence-corrected chi connectivity index (χ0v) is 21.5. The van der Waals surface area contributed by atoms with Gasteiger partial charge in [-0.2, -0.15) is 0 Å². The Labute approximate surface area is 223 Å². The number of para-hydroxylation sites is 1. The second kappa shape index (κ2) is 10.9. The maximum atomic E-state index is 13.5. The Kier molecular flexibility index (Phi) is 7.59. The van der Waals surface area contributed by atoms with Gasteiger partial charge in [0.25, 0.3) is 11.7 Å². The maximum absolute atomic E-state index is 13.5. The van der Waals surface area contributed by atoms with E-state index in [-0.39, 0.29) is 28.3 Å². The van der Waals surface area contributed by atoms with Crippen LogP contribution in [0.4, 0.5) is 5.69 Å². The molecular formula is C28H24ClNO8. The minimum Gasteiger partial charge on any atom is -0.507 e. The smallest absolute Gasteiger partial charge is 0.307 e. The van der Waals surface area contributed by atoms with Gasteiger partial charge in [0.05, 0.1) is 50.0 Å². The van der Waals surface area contributed by atoms with E-state index in [4.69, 9.17) is 30.9 Å². The van der Waals surface area contributed by atoms with Crippen LogP contribution in [0.15, 0.2) is 66.2 Å². The summed E-state index contributed by atoms with van der Waals surface area (Å²) in [7, 11) is 4.27.